The number of anilines is 1. The molecule has 0 aliphatic heterocycles. The number of aromatic nitrogens is 3. The standard InChI is InChI=1S/C21H17FN4S/c1-14(15-5-3-2-4-6-15)25-21-23-12-11-18(26-21)20-19(24-13-27-20)16-7-9-17(22)10-8-16/h2-14H,1H3,(H,23,25,26)/t14-/m0/s1. The maximum Gasteiger partial charge on any atom is 0.223 e. The Bertz CT molecular complexity index is 1030. The number of thiazole rings is 1. The second-order valence-electron chi connectivity index (χ2n) is 6.08. The maximum atomic E-state index is 13.2. The predicted octanol–water partition coefficient (Wildman–Crippen LogP) is 5.58. The van der Waals surface area contributed by atoms with Crippen molar-refractivity contribution in [1.82, 2.24) is 15.0 Å². The minimum Gasteiger partial charge on any atom is -0.348 e. The van der Waals surface area contributed by atoms with E-state index < -0.39 is 0 Å². The fraction of sp³-hybridized carbons (Fsp3) is 0.0952. The first-order valence-corrected chi connectivity index (χ1v) is 9.43. The van der Waals surface area contributed by atoms with Crippen LogP contribution in [0.5, 0.6) is 0 Å². The zero-order valence-corrected chi connectivity index (χ0v) is 15.4. The Morgan fingerprint density at radius 2 is 1.74 bits per heavy atom. The second-order valence-corrected chi connectivity index (χ2v) is 6.93. The third-order valence-corrected chi connectivity index (χ3v) is 5.07. The van der Waals surface area contributed by atoms with Gasteiger partial charge < -0.3 is 5.32 Å². The van der Waals surface area contributed by atoms with Gasteiger partial charge in [0, 0.05) is 11.8 Å². The van der Waals surface area contributed by atoms with Gasteiger partial charge in [0.15, 0.2) is 0 Å². The summed E-state index contributed by atoms with van der Waals surface area (Å²) in [5.74, 6) is 0.293. The van der Waals surface area contributed by atoms with Crippen LogP contribution in [0, 0.1) is 5.82 Å². The molecule has 0 radical (unpaired) electrons. The van der Waals surface area contributed by atoms with Crippen LogP contribution in [-0.2, 0) is 0 Å². The average Bonchev–Trinajstić information content (AvgIpc) is 3.19. The first-order valence-electron chi connectivity index (χ1n) is 8.55. The molecular formula is C21H17FN4S. The van der Waals surface area contributed by atoms with Gasteiger partial charge in [-0.05, 0) is 42.8 Å². The number of nitrogens with one attached hydrogen (secondary N) is 1. The van der Waals surface area contributed by atoms with Gasteiger partial charge in [0.05, 0.1) is 27.8 Å². The van der Waals surface area contributed by atoms with Crippen LogP contribution in [0.1, 0.15) is 18.5 Å². The minimum absolute atomic E-state index is 0.0829. The lowest BCUT2D eigenvalue weighted by Crippen LogP contribution is -2.09. The molecule has 1 N–H and O–H groups in total. The summed E-state index contributed by atoms with van der Waals surface area (Å²) < 4.78 is 13.2. The minimum atomic E-state index is -0.265. The number of halogens is 1. The van der Waals surface area contributed by atoms with E-state index in [1.54, 1.807) is 23.8 Å². The Hall–Kier alpha value is -3.12. The first-order chi connectivity index (χ1) is 13.2. The molecule has 0 saturated carbocycles. The van der Waals surface area contributed by atoms with E-state index in [1.165, 1.54) is 23.5 Å². The SMILES string of the molecule is C[C@H](Nc1nccc(-c2scnc2-c2ccc(F)cc2)n1)c1ccccc1. The van der Waals surface area contributed by atoms with Crippen molar-refractivity contribution < 1.29 is 4.39 Å². The fourth-order valence-electron chi connectivity index (χ4n) is 2.81. The van der Waals surface area contributed by atoms with Crippen LogP contribution in [0.15, 0.2) is 72.4 Å². The molecule has 0 bridgehead atoms. The molecule has 0 unspecified atom stereocenters. The zero-order chi connectivity index (χ0) is 18.6. The predicted molar refractivity (Wildman–Crippen MR) is 107 cm³/mol. The van der Waals surface area contributed by atoms with Gasteiger partial charge >= 0.3 is 0 Å². The maximum absolute atomic E-state index is 13.2. The number of benzene rings is 2. The van der Waals surface area contributed by atoms with E-state index in [-0.39, 0.29) is 11.9 Å². The van der Waals surface area contributed by atoms with Gasteiger partial charge in [-0.25, -0.2) is 19.3 Å². The molecule has 0 fully saturated rings. The van der Waals surface area contributed by atoms with Crippen molar-refractivity contribution in [2.75, 3.05) is 5.32 Å². The normalized spacial score (nSPS) is 11.9. The van der Waals surface area contributed by atoms with Crippen LogP contribution in [0.2, 0.25) is 0 Å². The highest BCUT2D eigenvalue weighted by Crippen LogP contribution is 2.34. The van der Waals surface area contributed by atoms with E-state index in [0.29, 0.717) is 5.95 Å². The molecule has 2 heterocycles. The summed E-state index contributed by atoms with van der Waals surface area (Å²) in [6, 6.07) is 18.4. The molecule has 4 aromatic rings. The zero-order valence-electron chi connectivity index (χ0n) is 14.6. The molecule has 134 valence electrons. The summed E-state index contributed by atoms with van der Waals surface area (Å²) in [4.78, 5) is 14.4. The Morgan fingerprint density at radius 3 is 2.52 bits per heavy atom. The molecule has 0 aliphatic rings. The highest BCUT2D eigenvalue weighted by atomic mass is 32.1. The average molecular weight is 376 g/mol. The molecule has 0 saturated heterocycles. The van der Waals surface area contributed by atoms with Crippen LogP contribution in [0.4, 0.5) is 10.3 Å². The molecule has 0 aliphatic carbocycles. The van der Waals surface area contributed by atoms with Gasteiger partial charge in [-0.15, -0.1) is 11.3 Å². The molecule has 27 heavy (non-hydrogen) atoms. The van der Waals surface area contributed by atoms with E-state index in [1.807, 2.05) is 24.3 Å². The topological polar surface area (TPSA) is 50.7 Å². The van der Waals surface area contributed by atoms with Crippen molar-refractivity contribution >= 4 is 17.3 Å². The Kier molecular flexibility index (Phi) is 4.89. The lowest BCUT2D eigenvalue weighted by atomic mass is 10.1. The number of hydrogen-bond acceptors (Lipinski definition) is 5. The van der Waals surface area contributed by atoms with Crippen LogP contribution in [0.3, 0.4) is 0 Å². The highest BCUT2D eigenvalue weighted by Gasteiger charge is 2.14. The van der Waals surface area contributed by atoms with Crippen LogP contribution >= 0.6 is 11.3 Å². The van der Waals surface area contributed by atoms with E-state index >= 15 is 0 Å². The third-order valence-electron chi connectivity index (χ3n) is 4.22. The smallest absolute Gasteiger partial charge is 0.223 e. The third kappa shape index (κ3) is 3.85. The molecule has 4 rings (SSSR count). The van der Waals surface area contributed by atoms with Crippen LogP contribution in [-0.4, -0.2) is 15.0 Å². The van der Waals surface area contributed by atoms with Crippen molar-refractivity contribution in [3.8, 4) is 21.8 Å². The van der Waals surface area contributed by atoms with Crippen molar-refractivity contribution in [3.63, 3.8) is 0 Å². The molecular weight excluding hydrogens is 359 g/mol. The summed E-state index contributed by atoms with van der Waals surface area (Å²) >= 11 is 1.50. The van der Waals surface area contributed by atoms with Gasteiger partial charge in [-0.1, -0.05) is 30.3 Å². The van der Waals surface area contributed by atoms with Gasteiger partial charge in [0.1, 0.15) is 5.82 Å². The highest BCUT2D eigenvalue weighted by molar-refractivity contribution is 7.13. The molecule has 4 nitrogen and oxygen atoms in total. The summed E-state index contributed by atoms with van der Waals surface area (Å²) in [7, 11) is 0. The molecule has 0 amide bonds. The molecule has 0 spiro atoms. The lowest BCUT2D eigenvalue weighted by molar-refractivity contribution is 0.628. The van der Waals surface area contributed by atoms with Crippen LogP contribution in [0.25, 0.3) is 21.8 Å². The Labute approximate surface area is 160 Å². The Balaban J connectivity index is 1.62. The van der Waals surface area contributed by atoms with Gasteiger partial charge in [0.2, 0.25) is 5.95 Å². The van der Waals surface area contributed by atoms with E-state index in [4.69, 9.17) is 0 Å². The largest absolute Gasteiger partial charge is 0.348 e. The van der Waals surface area contributed by atoms with E-state index in [2.05, 4.69) is 39.3 Å². The number of nitrogens with zero attached hydrogens (tertiary/aromatic N) is 3. The summed E-state index contributed by atoms with van der Waals surface area (Å²) in [6.45, 7) is 2.07. The van der Waals surface area contributed by atoms with Crippen molar-refractivity contribution in [1.29, 1.82) is 0 Å². The summed E-state index contributed by atoms with van der Waals surface area (Å²) in [6.07, 6.45) is 1.73. The molecule has 2 aromatic carbocycles. The molecule has 1 atom stereocenters. The van der Waals surface area contributed by atoms with Gasteiger partial charge in [-0.2, -0.15) is 0 Å². The monoisotopic (exact) mass is 376 g/mol. The molecule has 2 aromatic heterocycles. The van der Waals surface area contributed by atoms with E-state index in [9.17, 15) is 4.39 Å². The molecule has 6 heteroatoms. The Morgan fingerprint density at radius 1 is 0.963 bits per heavy atom. The first kappa shape index (κ1) is 17.3. The van der Waals surface area contributed by atoms with Crippen LogP contribution < -0.4 is 5.32 Å². The van der Waals surface area contributed by atoms with Crippen molar-refractivity contribution in [2.45, 2.75) is 13.0 Å². The number of rotatable bonds is 5. The number of hydrogen-bond donors (Lipinski definition) is 1. The van der Waals surface area contributed by atoms with E-state index in [0.717, 1.165) is 27.4 Å². The second kappa shape index (κ2) is 7.63. The summed E-state index contributed by atoms with van der Waals surface area (Å²) in [5, 5.41) is 3.34. The van der Waals surface area contributed by atoms with Crippen molar-refractivity contribution in [2.24, 2.45) is 0 Å². The van der Waals surface area contributed by atoms with Gasteiger partial charge in [0.25, 0.3) is 0 Å². The quantitative estimate of drug-likeness (QED) is 0.494. The van der Waals surface area contributed by atoms with Crippen molar-refractivity contribution in [3.05, 3.63) is 83.8 Å². The van der Waals surface area contributed by atoms with Gasteiger partial charge in [-0.3, -0.25) is 0 Å². The summed E-state index contributed by atoms with van der Waals surface area (Å²) in [5.41, 5.74) is 5.38. The lowest BCUT2D eigenvalue weighted by Gasteiger charge is -2.14. The fourth-order valence-corrected chi connectivity index (χ4v) is 3.59.